The van der Waals surface area contributed by atoms with Crippen molar-refractivity contribution >= 4 is 33.4 Å². The zero-order valence-electron chi connectivity index (χ0n) is 27.5. The summed E-state index contributed by atoms with van der Waals surface area (Å²) in [7, 11) is 0. The quantitative estimate of drug-likeness (QED) is 0.166. The number of hydrogen-bond acceptors (Lipinski definition) is 7. The van der Waals surface area contributed by atoms with E-state index >= 15 is 0 Å². The zero-order chi connectivity index (χ0) is 35.1. The minimum atomic E-state index is -0.891. The van der Waals surface area contributed by atoms with Gasteiger partial charge in [-0.25, -0.2) is 18.1 Å². The summed E-state index contributed by atoms with van der Waals surface area (Å²) in [6, 6.07) is 17.5. The molecule has 0 bridgehead atoms. The molecule has 0 spiro atoms. The fraction of sp³-hybridized carbons (Fsp3) is 0.306. The van der Waals surface area contributed by atoms with E-state index in [0.717, 1.165) is 28.7 Å². The van der Waals surface area contributed by atoms with Crippen molar-refractivity contribution in [2.24, 2.45) is 0 Å². The van der Waals surface area contributed by atoms with E-state index in [0.29, 0.717) is 56.8 Å². The van der Waals surface area contributed by atoms with E-state index < -0.39 is 11.6 Å². The van der Waals surface area contributed by atoms with Gasteiger partial charge in [0.15, 0.2) is 5.82 Å². The molecule has 0 aliphatic carbocycles. The molecule has 50 heavy (non-hydrogen) atoms. The van der Waals surface area contributed by atoms with Crippen LogP contribution in [0.25, 0.3) is 16.9 Å². The fourth-order valence-corrected chi connectivity index (χ4v) is 7.24. The van der Waals surface area contributed by atoms with E-state index in [1.807, 2.05) is 53.8 Å². The zero-order valence-corrected chi connectivity index (χ0v) is 29.1. The van der Waals surface area contributed by atoms with Gasteiger partial charge in [0.1, 0.15) is 11.5 Å². The van der Waals surface area contributed by atoms with Crippen LogP contribution < -0.4 is 5.73 Å². The molecule has 5 aromatic rings. The highest BCUT2D eigenvalue weighted by Crippen LogP contribution is 2.35. The monoisotopic (exact) mass is 744 g/mol. The number of likely N-dealkylation sites (tertiary alicyclic amines) is 1. The molecule has 14 heteroatoms. The van der Waals surface area contributed by atoms with Crippen LogP contribution in [0, 0.1) is 25.5 Å². The van der Waals surface area contributed by atoms with Crippen LogP contribution in [0.4, 0.5) is 14.5 Å². The molecule has 11 nitrogen and oxygen atoms in total. The predicted molar refractivity (Wildman–Crippen MR) is 186 cm³/mol. The summed E-state index contributed by atoms with van der Waals surface area (Å²) in [5.74, 6) is -2.02. The number of nitrogens with two attached hydrogens (primary N) is 1. The number of nitrogen functional groups attached to an aromatic ring is 1. The Morgan fingerprint density at radius 1 is 0.960 bits per heavy atom. The second-order valence-electron chi connectivity index (χ2n) is 12.6. The van der Waals surface area contributed by atoms with Gasteiger partial charge in [0, 0.05) is 47.6 Å². The number of hydrogen-bond donors (Lipinski definition) is 1. The molecule has 3 aromatic carbocycles. The van der Waals surface area contributed by atoms with Gasteiger partial charge in [0.25, 0.3) is 11.8 Å². The van der Waals surface area contributed by atoms with E-state index in [1.165, 1.54) is 0 Å². The number of ether oxygens (including phenoxy) is 1. The highest BCUT2D eigenvalue weighted by atomic mass is 79.9. The lowest BCUT2D eigenvalue weighted by atomic mass is 10.00. The minimum absolute atomic E-state index is 0.0732. The summed E-state index contributed by atoms with van der Waals surface area (Å²) in [4.78, 5) is 31.3. The molecule has 1 atom stereocenters. The van der Waals surface area contributed by atoms with Gasteiger partial charge in [-0.15, -0.1) is 5.10 Å². The van der Waals surface area contributed by atoms with Gasteiger partial charge in [-0.1, -0.05) is 29.5 Å². The Hall–Kier alpha value is -4.95. The van der Waals surface area contributed by atoms with Gasteiger partial charge in [-0.3, -0.25) is 9.59 Å². The average Bonchev–Trinajstić information content (AvgIpc) is 3.76. The second kappa shape index (κ2) is 13.8. The first-order valence-corrected chi connectivity index (χ1v) is 17.2. The van der Waals surface area contributed by atoms with Crippen molar-refractivity contribution < 1.29 is 23.1 Å². The summed E-state index contributed by atoms with van der Waals surface area (Å²) in [6.45, 7) is 6.03. The number of carbonyl (C=O) groups excluding carboxylic acids is 2. The maximum atomic E-state index is 14.4. The standard InChI is InChI=1S/C36H35BrF2N8O3/c1-21-31(22(2)47(42-21)26-9-4-3-5-10-26)30-20-50-16-15-45(30)36(49)24-8-6-7-23(17-24)35(48)44-13-11-25(12-14-44)46-19-29(41-43-46)27-18-28(38)32(37)33(39)34(27)40/h3-10,17-19,25,30H,11-16,20,40H2,1-2H3. The van der Waals surface area contributed by atoms with Crippen LogP contribution >= 0.6 is 15.9 Å². The molecule has 1 unspecified atom stereocenters. The third-order valence-corrected chi connectivity index (χ3v) is 10.3. The lowest BCUT2D eigenvalue weighted by Gasteiger charge is -2.36. The van der Waals surface area contributed by atoms with E-state index in [2.05, 4.69) is 26.2 Å². The lowest BCUT2D eigenvalue weighted by molar-refractivity contribution is -0.00303. The molecule has 2 aliphatic rings. The Morgan fingerprint density at radius 3 is 2.42 bits per heavy atom. The summed E-state index contributed by atoms with van der Waals surface area (Å²) in [5.41, 5.74) is 10.6. The molecule has 0 saturated carbocycles. The molecule has 2 amide bonds. The van der Waals surface area contributed by atoms with Crippen molar-refractivity contribution in [1.29, 1.82) is 0 Å². The molecule has 2 saturated heterocycles. The maximum Gasteiger partial charge on any atom is 0.254 e. The van der Waals surface area contributed by atoms with Crippen LogP contribution in [-0.4, -0.2) is 79.2 Å². The Morgan fingerprint density at radius 2 is 1.68 bits per heavy atom. The van der Waals surface area contributed by atoms with Gasteiger partial charge in [0.05, 0.1) is 53.0 Å². The number of rotatable bonds is 6. The number of aromatic nitrogens is 5. The predicted octanol–water partition coefficient (Wildman–Crippen LogP) is 6.06. The molecule has 2 N–H and O–H groups in total. The van der Waals surface area contributed by atoms with E-state index in [4.69, 9.17) is 15.6 Å². The SMILES string of the molecule is Cc1nn(-c2ccccc2)c(C)c1C1COCCN1C(=O)c1cccc(C(=O)N2CCC(n3cc(-c4cc(F)c(Br)c(F)c4N)nn3)CC2)c1. The molecule has 0 radical (unpaired) electrons. The summed E-state index contributed by atoms with van der Waals surface area (Å²) in [6.07, 6.45) is 2.80. The summed E-state index contributed by atoms with van der Waals surface area (Å²) in [5, 5.41) is 13.1. The lowest BCUT2D eigenvalue weighted by Crippen LogP contribution is -2.44. The molecular formula is C36H35BrF2N8O3. The van der Waals surface area contributed by atoms with Gasteiger partial charge in [-0.05, 0) is 79.0 Å². The van der Waals surface area contributed by atoms with Gasteiger partial charge < -0.3 is 20.3 Å². The molecular weight excluding hydrogens is 710 g/mol. The number of piperidine rings is 1. The topological polar surface area (TPSA) is 124 Å². The number of nitrogens with zero attached hydrogens (tertiary/aromatic N) is 7. The van der Waals surface area contributed by atoms with Crippen molar-refractivity contribution in [3.63, 3.8) is 0 Å². The van der Waals surface area contributed by atoms with Crippen molar-refractivity contribution in [2.45, 2.75) is 38.8 Å². The number of para-hydroxylation sites is 1. The van der Waals surface area contributed by atoms with Crippen molar-refractivity contribution in [2.75, 3.05) is 38.6 Å². The summed E-state index contributed by atoms with van der Waals surface area (Å²) < 4.78 is 37.6. The summed E-state index contributed by atoms with van der Waals surface area (Å²) >= 11 is 2.86. The smallest absolute Gasteiger partial charge is 0.254 e. The Bertz CT molecular complexity index is 2080. The van der Waals surface area contributed by atoms with E-state index in [-0.39, 0.29) is 45.3 Å². The Balaban J connectivity index is 1.04. The molecule has 258 valence electrons. The highest BCUT2D eigenvalue weighted by Gasteiger charge is 2.34. The average molecular weight is 746 g/mol. The fourth-order valence-electron chi connectivity index (χ4n) is 6.91. The first kappa shape index (κ1) is 33.5. The van der Waals surface area contributed by atoms with Crippen LogP contribution in [0.1, 0.15) is 62.6 Å². The van der Waals surface area contributed by atoms with Crippen molar-refractivity contribution in [1.82, 2.24) is 34.6 Å². The number of halogens is 3. The van der Waals surface area contributed by atoms with Gasteiger partial charge >= 0.3 is 0 Å². The Kier molecular flexibility index (Phi) is 9.23. The molecule has 2 aromatic heterocycles. The van der Waals surface area contributed by atoms with Crippen LogP contribution in [-0.2, 0) is 4.74 Å². The number of amides is 2. The van der Waals surface area contributed by atoms with E-state index in [9.17, 15) is 18.4 Å². The third-order valence-electron chi connectivity index (χ3n) is 9.54. The number of aryl methyl sites for hydroxylation is 1. The number of anilines is 1. The van der Waals surface area contributed by atoms with Gasteiger partial charge in [-0.2, -0.15) is 5.10 Å². The first-order chi connectivity index (χ1) is 24.1. The minimum Gasteiger partial charge on any atom is -0.396 e. The van der Waals surface area contributed by atoms with Crippen molar-refractivity contribution in [3.8, 4) is 16.9 Å². The number of carbonyl (C=O) groups is 2. The van der Waals surface area contributed by atoms with Crippen LogP contribution in [0.2, 0.25) is 0 Å². The van der Waals surface area contributed by atoms with Crippen molar-refractivity contribution in [3.05, 3.63) is 111 Å². The van der Waals surface area contributed by atoms with Crippen LogP contribution in [0.3, 0.4) is 0 Å². The molecule has 2 fully saturated rings. The van der Waals surface area contributed by atoms with Gasteiger partial charge in [0.2, 0.25) is 0 Å². The largest absolute Gasteiger partial charge is 0.396 e. The second-order valence-corrected chi connectivity index (χ2v) is 13.3. The molecule has 7 rings (SSSR count). The molecule has 4 heterocycles. The maximum absolute atomic E-state index is 14.4. The highest BCUT2D eigenvalue weighted by molar-refractivity contribution is 9.10. The number of morpholine rings is 1. The normalized spacial score (nSPS) is 16.9. The number of benzene rings is 3. The van der Waals surface area contributed by atoms with E-state index in [1.54, 1.807) is 40.0 Å². The Labute approximate surface area is 295 Å². The molecule has 2 aliphatic heterocycles. The first-order valence-electron chi connectivity index (χ1n) is 16.4. The third kappa shape index (κ3) is 6.17. The van der Waals surface area contributed by atoms with Crippen LogP contribution in [0.15, 0.2) is 71.3 Å². The van der Waals surface area contributed by atoms with Crippen LogP contribution in [0.5, 0.6) is 0 Å².